The lowest BCUT2D eigenvalue weighted by molar-refractivity contribution is -0.114. The first-order chi connectivity index (χ1) is 13.1. The van der Waals surface area contributed by atoms with Gasteiger partial charge in [0, 0.05) is 36.7 Å². The Morgan fingerprint density at radius 2 is 1.52 bits per heavy atom. The molecule has 0 spiro atoms. The normalized spacial score (nSPS) is 14.9. The van der Waals surface area contributed by atoms with Gasteiger partial charge >= 0.3 is 0 Å². The molecule has 1 heterocycles. The Kier molecular flexibility index (Phi) is 6.41. The molecule has 0 unspecified atom stereocenters. The van der Waals surface area contributed by atoms with Crippen LogP contribution in [0.1, 0.15) is 55.8 Å². The Labute approximate surface area is 159 Å². The van der Waals surface area contributed by atoms with Gasteiger partial charge in [-0.05, 0) is 43.2 Å². The smallest absolute Gasteiger partial charge is 0.257 e. The average molecular weight is 366 g/mol. The molecule has 0 aliphatic heterocycles. The average Bonchev–Trinajstić information content (AvgIpc) is 2.92. The van der Waals surface area contributed by atoms with Gasteiger partial charge in [0.1, 0.15) is 0 Å². The summed E-state index contributed by atoms with van der Waals surface area (Å²) in [6.45, 7) is 1.46. The standard InChI is InChI=1S/C21H26N4O2/c1-15(26)23-18-8-10-19(11-9-18)25-21(27)16-12-20(14-22-13-16)24-17-6-4-2-3-5-7-17/h8-14,17,24H,2-7H2,1H3,(H,23,26)(H,25,27). The summed E-state index contributed by atoms with van der Waals surface area (Å²) in [4.78, 5) is 27.8. The number of pyridine rings is 1. The van der Waals surface area contributed by atoms with Crippen molar-refractivity contribution in [2.24, 2.45) is 0 Å². The molecule has 6 heteroatoms. The van der Waals surface area contributed by atoms with Crippen LogP contribution in [0.25, 0.3) is 0 Å². The van der Waals surface area contributed by atoms with Crippen molar-refractivity contribution in [3.05, 3.63) is 48.3 Å². The van der Waals surface area contributed by atoms with E-state index in [0.29, 0.717) is 23.0 Å². The molecule has 1 aliphatic rings. The highest BCUT2D eigenvalue weighted by Crippen LogP contribution is 2.21. The molecule has 2 amide bonds. The molecule has 1 aliphatic carbocycles. The van der Waals surface area contributed by atoms with Crippen LogP contribution in [0.4, 0.5) is 17.1 Å². The van der Waals surface area contributed by atoms with Crippen molar-refractivity contribution in [3.63, 3.8) is 0 Å². The third-order valence-electron chi connectivity index (χ3n) is 4.69. The second kappa shape index (κ2) is 9.16. The summed E-state index contributed by atoms with van der Waals surface area (Å²) in [5.74, 6) is -0.338. The highest BCUT2D eigenvalue weighted by atomic mass is 16.2. The number of aromatic nitrogens is 1. The monoisotopic (exact) mass is 366 g/mol. The predicted molar refractivity (Wildman–Crippen MR) is 108 cm³/mol. The van der Waals surface area contributed by atoms with Crippen molar-refractivity contribution in [2.75, 3.05) is 16.0 Å². The Hall–Kier alpha value is -2.89. The molecule has 142 valence electrons. The van der Waals surface area contributed by atoms with Gasteiger partial charge < -0.3 is 16.0 Å². The number of benzene rings is 1. The first kappa shape index (κ1) is 18.9. The lowest BCUT2D eigenvalue weighted by atomic mass is 10.1. The Morgan fingerprint density at radius 1 is 0.889 bits per heavy atom. The van der Waals surface area contributed by atoms with Crippen LogP contribution in [0.3, 0.4) is 0 Å². The molecule has 1 aromatic carbocycles. The van der Waals surface area contributed by atoms with Gasteiger partial charge in [-0.3, -0.25) is 14.6 Å². The van der Waals surface area contributed by atoms with E-state index < -0.39 is 0 Å². The predicted octanol–water partition coefficient (Wildman–Crippen LogP) is 4.43. The summed E-state index contributed by atoms with van der Waals surface area (Å²) in [7, 11) is 0. The van der Waals surface area contributed by atoms with Crippen LogP contribution in [-0.4, -0.2) is 22.8 Å². The quantitative estimate of drug-likeness (QED) is 0.684. The van der Waals surface area contributed by atoms with Crippen molar-refractivity contribution in [1.82, 2.24) is 4.98 Å². The third kappa shape index (κ3) is 5.81. The van der Waals surface area contributed by atoms with Gasteiger partial charge in [0.25, 0.3) is 5.91 Å². The van der Waals surface area contributed by atoms with E-state index in [1.165, 1.54) is 32.6 Å². The molecular formula is C21H26N4O2. The molecule has 0 saturated heterocycles. The number of carbonyl (C=O) groups excluding carboxylic acids is 2. The van der Waals surface area contributed by atoms with Crippen LogP contribution >= 0.6 is 0 Å². The molecule has 2 aromatic rings. The van der Waals surface area contributed by atoms with Gasteiger partial charge in [0.05, 0.1) is 11.3 Å². The second-order valence-corrected chi connectivity index (χ2v) is 7.01. The number of hydrogen-bond donors (Lipinski definition) is 3. The van der Waals surface area contributed by atoms with Crippen LogP contribution in [0.15, 0.2) is 42.7 Å². The van der Waals surface area contributed by atoms with Crippen LogP contribution < -0.4 is 16.0 Å². The molecule has 1 fully saturated rings. The highest BCUT2D eigenvalue weighted by molar-refractivity contribution is 6.04. The molecule has 0 radical (unpaired) electrons. The fourth-order valence-electron chi connectivity index (χ4n) is 3.35. The summed E-state index contributed by atoms with van der Waals surface area (Å²) >= 11 is 0. The van der Waals surface area contributed by atoms with Crippen molar-refractivity contribution in [3.8, 4) is 0 Å². The number of nitrogens with one attached hydrogen (secondary N) is 3. The molecule has 0 bridgehead atoms. The van der Waals surface area contributed by atoms with E-state index in [-0.39, 0.29) is 11.8 Å². The minimum Gasteiger partial charge on any atom is -0.381 e. The maximum Gasteiger partial charge on any atom is 0.257 e. The van der Waals surface area contributed by atoms with Gasteiger partial charge in [0.15, 0.2) is 0 Å². The zero-order chi connectivity index (χ0) is 19.1. The van der Waals surface area contributed by atoms with Gasteiger partial charge in [-0.15, -0.1) is 0 Å². The zero-order valence-corrected chi connectivity index (χ0v) is 15.6. The van der Waals surface area contributed by atoms with E-state index in [1.54, 1.807) is 36.7 Å². The zero-order valence-electron chi connectivity index (χ0n) is 15.6. The topological polar surface area (TPSA) is 83.1 Å². The number of nitrogens with zero attached hydrogens (tertiary/aromatic N) is 1. The van der Waals surface area contributed by atoms with Gasteiger partial charge in [-0.1, -0.05) is 25.7 Å². The molecule has 27 heavy (non-hydrogen) atoms. The first-order valence-corrected chi connectivity index (χ1v) is 9.51. The summed E-state index contributed by atoms with van der Waals surface area (Å²) in [6.07, 6.45) is 10.8. The van der Waals surface area contributed by atoms with E-state index >= 15 is 0 Å². The number of carbonyl (C=O) groups is 2. The van der Waals surface area contributed by atoms with Gasteiger partial charge in [0.2, 0.25) is 5.91 Å². The molecule has 0 atom stereocenters. The third-order valence-corrected chi connectivity index (χ3v) is 4.69. The Morgan fingerprint density at radius 3 is 2.15 bits per heavy atom. The SMILES string of the molecule is CC(=O)Nc1ccc(NC(=O)c2cncc(NC3CCCCCC3)c2)cc1. The molecule has 1 aromatic heterocycles. The largest absolute Gasteiger partial charge is 0.381 e. The summed E-state index contributed by atoms with van der Waals surface area (Å²) in [5, 5.41) is 9.08. The van der Waals surface area contributed by atoms with Gasteiger partial charge in [-0.25, -0.2) is 0 Å². The van der Waals surface area contributed by atoms with Crippen LogP contribution in [0, 0.1) is 0 Å². The number of rotatable bonds is 5. The molecular weight excluding hydrogens is 340 g/mol. The summed E-state index contributed by atoms with van der Waals surface area (Å²) in [5.41, 5.74) is 2.75. The number of anilines is 3. The van der Waals surface area contributed by atoms with Crippen LogP contribution in [0.5, 0.6) is 0 Å². The van der Waals surface area contributed by atoms with E-state index in [1.807, 2.05) is 6.07 Å². The molecule has 6 nitrogen and oxygen atoms in total. The lowest BCUT2D eigenvalue weighted by Crippen LogP contribution is -2.19. The number of amides is 2. The van der Waals surface area contributed by atoms with Gasteiger partial charge in [-0.2, -0.15) is 0 Å². The fourth-order valence-corrected chi connectivity index (χ4v) is 3.35. The van der Waals surface area contributed by atoms with Crippen LogP contribution in [0.2, 0.25) is 0 Å². The van der Waals surface area contributed by atoms with Crippen LogP contribution in [-0.2, 0) is 4.79 Å². The van der Waals surface area contributed by atoms with Crippen molar-refractivity contribution < 1.29 is 9.59 Å². The van der Waals surface area contributed by atoms with Crippen molar-refractivity contribution >= 4 is 28.9 Å². The molecule has 3 rings (SSSR count). The summed E-state index contributed by atoms with van der Waals surface area (Å²) < 4.78 is 0. The fraction of sp³-hybridized carbons (Fsp3) is 0.381. The lowest BCUT2D eigenvalue weighted by Gasteiger charge is -2.17. The maximum atomic E-state index is 12.5. The van der Waals surface area contributed by atoms with E-state index in [2.05, 4.69) is 20.9 Å². The summed E-state index contributed by atoms with van der Waals surface area (Å²) in [6, 6.07) is 9.31. The molecule has 3 N–H and O–H groups in total. The second-order valence-electron chi connectivity index (χ2n) is 7.01. The first-order valence-electron chi connectivity index (χ1n) is 9.51. The Balaban J connectivity index is 1.61. The van der Waals surface area contributed by atoms with Crippen molar-refractivity contribution in [2.45, 2.75) is 51.5 Å². The Bertz CT molecular complexity index is 781. The maximum absolute atomic E-state index is 12.5. The van der Waals surface area contributed by atoms with E-state index in [0.717, 1.165) is 18.5 Å². The minimum atomic E-state index is -0.209. The van der Waals surface area contributed by atoms with Crippen molar-refractivity contribution in [1.29, 1.82) is 0 Å². The van der Waals surface area contributed by atoms with E-state index in [9.17, 15) is 9.59 Å². The minimum absolute atomic E-state index is 0.129. The van der Waals surface area contributed by atoms with E-state index in [4.69, 9.17) is 0 Å². The number of hydrogen-bond acceptors (Lipinski definition) is 4. The highest BCUT2D eigenvalue weighted by Gasteiger charge is 2.13. The molecule has 1 saturated carbocycles.